The summed E-state index contributed by atoms with van der Waals surface area (Å²) >= 11 is 5.77. The molecule has 2 rings (SSSR count). The second-order valence-corrected chi connectivity index (χ2v) is 4.30. The predicted molar refractivity (Wildman–Crippen MR) is 66.5 cm³/mol. The van der Waals surface area contributed by atoms with E-state index in [0.29, 0.717) is 17.0 Å². The zero-order valence-electron chi connectivity index (χ0n) is 9.11. The van der Waals surface area contributed by atoms with Gasteiger partial charge in [-0.3, -0.25) is 0 Å². The molecule has 1 N–H and O–H groups in total. The number of hydrogen-bond donors (Lipinski definition) is 1. The van der Waals surface area contributed by atoms with Crippen LogP contribution in [0.4, 0.5) is 4.39 Å². The fraction of sp³-hybridized carbons (Fsp3) is 0.143. The molecule has 0 fully saturated rings. The maximum atomic E-state index is 13.4. The van der Waals surface area contributed by atoms with Gasteiger partial charge < -0.3 is 5.11 Å². The Balaban J connectivity index is 2.14. The average molecular weight is 251 g/mol. The molecule has 0 spiro atoms. The zero-order chi connectivity index (χ0) is 12.3. The topological polar surface area (TPSA) is 20.2 Å². The molecule has 0 aliphatic carbocycles. The number of aliphatic hydroxyl groups excluding tert-OH is 1. The first-order valence-corrected chi connectivity index (χ1v) is 5.71. The van der Waals surface area contributed by atoms with Crippen LogP contribution in [0.1, 0.15) is 17.2 Å². The highest BCUT2D eigenvalue weighted by atomic mass is 35.5. The molecule has 0 saturated heterocycles. The smallest absolute Gasteiger partial charge is 0.129 e. The van der Waals surface area contributed by atoms with Gasteiger partial charge in [0.1, 0.15) is 5.82 Å². The summed E-state index contributed by atoms with van der Waals surface area (Å²) in [6.45, 7) is 0. The van der Waals surface area contributed by atoms with E-state index in [1.54, 1.807) is 30.3 Å². The lowest BCUT2D eigenvalue weighted by Gasteiger charge is -2.11. The van der Waals surface area contributed by atoms with Crippen LogP contribution in [0.5, 0.6) is 0 Å². The lowest BCUT2D eigenvalue weighted by Crippen LogP contribution is -2.04. The van der Waals surface area contributed by atoms with Gasteiger partial charge in [0.15, 0.2) is 0 Å². The Morgan fingerprint density at radius 2 is 1.71 bits per heavy atom. The molecular weight excluding hydrogens is 239 g/mol. The van der Waals surface area contributed by atoms with Gasteiger partial charge in [-0.05, 0) is 23.8 Å². The fourth-order valence-electron chi connectivity index (χ4n) is 1.70. The van der Waals surface area contributed by atoms with Crippen molar-refractivity contribution in [2.45, 2.75) is 12.5 Å². The van der Waals surface area contributed by atoms with Crippen LogP contribution in [0.15, 0.2) is 48.5 Å². The Labute approximate surface area is 104 Å². The van der Waals surface area contributed by atoms with Gasteiger partial charge in [-0.1, -0.05) is 41.9 Å². The highest BCUT2D eigenvalue weighted by molar-refractivity contribution is 6.30. The molecule has 0 bridgehead atoms. The highest BCUT2D eigenvalue weighted by Gasteiger charge is 2.12. The van der Waals surface area contributed by atoms with Crippen molar-refractivity contribution in [3.05, 3.63) is 70.5 Å². The minimum Gasteiger partial charge on any atom is -0.388 e. The van der Waals surface area contributed by atoms with Gasteiger partial charge in [0, 0.05) is 17.0 Å². The van der Waals surface area contributed by atoms with Crippen molar-refractivity contribution in [1.29, 1.82) is 0 Å². The molecule has 1 nitrogen and oxygen atoms in total. The van der Waals surface area contributed by atoms with Gasteiger partial charge in [-0.15, -0.1) is 0 Å². The molecule has 0 aliphatic rings. The molecule has 0 heterocycles. The molecule has 1 atom stereocenters. The van der Waals surface area contributed by atoms with Crippen molar-refractivity contribution in [3.63, 3.8) is 0 Å². The lowest BCUT2D eigenvalue weighted by molar-refractivity contribution is 0.173. The first-order chi connectivity index (χ1) is 8.16. The normalized spacial score (nSPS) is 12.4. The van der Waals surface area contributed by atoms with Crippen LogP contribution in [0.2, 0.25) is 5.02 Å². The fourth-order valence-corrected chi connectivity index (χ4v) is 1.83. The molecule has 17 heavy (non-hydrogen) atoms. The second-order valence-electron chi connectivity index (χ2n) is 3.87. The number of rotatable bonds is 3. The molecule has 0 saturated carbocycles. The van der Waals surface area contributed by atoms with Crippen molar-refractivity contribution in [2.24, 2.45) is 0 Å². The number of hydrogen-bond acceptors (Lipinski definition) is 1. The first kappa shape index (κ1) is 12.1. The number of halogens is 2. The van der Waals surface area contributed by atoms with E-state index in [-0.39, 0.29) is 5.82 Å². The number of benzene rings is 2. The maximum absolute atomic E-state index is 13.4. The standard InChI is InChI=1S/C14H12ClFO/c15-11-7-5-10(6-8-11)9-14(17)12-3-1-2-4-13(12)16/h1-8,14,17H,9H2. The highest BCUT2D eigenvalue weighted by Crippen LogP contribution is 2.21. The Morgan fingerprint density at radius 1 is 1.06 bits per heavy atom. The van der Waals surface area contributed by atoms with Crippen LogP contribution in [-0.2, 0) is 6.42 Å². The molecule has 2 aromatic carbocycles. The van der Waals surface area contributed by atoms with Crippen molar-refractivity contribution in [3.8, 4) is 0 Å². The summed E-state index contributed by atoms with van der Waals surface area (Å²) in [5, 5.41) is 10.6. The summed E-state index contributed by atoms with van der Waals surface area (Å²) in [5.41, 5.74) is 1.24. The SMILES string of the molecule is OC(Cc1ccc(Cl)cc1)c1ccccc1F. The summed E-state index contributed by atoms with van der Waals surface area (Å²) in [5.74, 6) is -0.381. The van der Waals surface area contributed by atoms with E-state index in [9.17, 15) is 9.50 Å². The van der Waals surface area contributed by atoms with E-state index in [0.717, 1.165) is 5.56 Å². The van der Waals surface area contributed by atoms with Crippen LogP contribution < -0.4 is 0 Å². The van der Waals surface area contributed by atoms with Gasteiger partial charge in [0.25, 0.3) is 0 Å². The third kappa shape index (κ3) is 3.05. The van der Waals surface area contributed by atoms with Gasteiger partial charge >= 0.3 is 0 Å². The van der Waals surface area contributed by atoms with Gasteiger partial charge in [0.05, 0.1) is 6.10 Å². The summed E-state index contributed by atoms with van der Waals surface area (Å²) < 4.78 is 13.4. The molecule has 0 radical (unpaired) electrons. The Hall–Kier alpha value is -1.38. The van der Waals surface area contributed by atoms with Gasteiger partial charge in [-0.25, -0.2) is 4.39 Å². The van der Waals surface area contributed by atoms with Crippen molar-refractivity contribution >= 4 is 11.6 Å². The molecular formula is C14H12ClFO. The molecule has 2 aromatic rings. The summed E-state index contributed by atoms with van der Waals surface area (Å²) in [4.78, 5) is 0. The maximum Gasteiger partial charge on any atom is 0.129 e. The van der Waals surface area contributed by atoms with Crippen LogP contribution in [0, 0.1) is 5.82 Å². The van der Waals surface area contributed by atoms with Crippen LogP contribution in [0.25, 0.3) is 0 Å². The van der Waals surface area contributed by atoms with Crippen LogP contribution in [0.3, 0.4) is 0 Å². The van der Waals surface area contributed by atoms with Crippen LogP contribution >= 0.6 is 11.6 Å². The molecule has 1 unspecified atom stereocenters. The third-order valence-electron chi connectivity index (χ3n) is 2.61. The third-order valence-corrected chi connectivity index (χ3v) is 2.86. The summed E-state index contributed by atoms with van der Waals surface area (Å²) in [7, 11) is 0. The second kappa shape index (κ2) is 5.30. The van der Waals surface area contributed by atoms with E-state index in [4.69, 9.17) is 11.6 Å². The monoisotopic (exact) mass is 250 g/mol. The summed E-state index contributed by atoms with van der Waals surface area (Å²) in [6.07, 6.45) is -0.463. The van der Waals surface area contributed by atoms with Crippen molar-refractivity contribution in [1.82, 2.24) is 0 Å². The quantitative estimate of drug-likeness (QED) is 0.880. The minimum atomic E-state index is -0.836. The molecule has 0 aliphatic heterocycles. The molecule has 0 amide bonds. The predicted octanol–water partition coefficient (Wildman–Crippen LogP) is 3.76. The van der Waals surface area contributed by atoms with E-state index >= 15 is 0 Å². The van der Waals surface area contributed by atoms with Crippen LogP contribution in [-0.4, -0.2) is 5.11 Å². The van der Waals surface area contributed by atoms with Gasteiger partial charge in [-0.2, -0.15) is 0 Å². The van der Waals surface area contributed by atoms with E-state index in [2.05, 4.69) is 0 Å². The van der Waals surface area contributed by atoms with Gasteiger partial charge in [0.2, 0.25) is 0 Å². The number of aliphatic hydroxyl groups is 1. The van der Waals surface area contributed by atoms with E-state index < -0.39 is 6.10 Å². The lowest BCUT2D eigenvalue weighted by atomic mass is 10.0. The summed E-state index contributed by atoms with van der Waals surface area (Å²) in [6, 6.07) is 13.4. The minimum absolute atomic E-state index is 0.322. The van der Waals surface area contributed by atoms with Crippen molar-refractivity contribution < 1.29 is 9.50 Å². The van der Waals surface area contributed by atoms with Crippen molar-refractivity contribution in [2.75, 3.05) is 0 Å². The molecule has 3 heteroatoms. The molecule has 88 valence electrons. The Kier molecular flexibility index (Phi) is 3.77. The largest absolute Gasteiger partial charge is 0.388 e. The first-order valence-electron chi connectivity index (χ1n) is 5.34. The zero-order valence-corrected chi connectivity index (χ0v) is 9.86. The average Bonchev–Trinajstić information content (AvgIpc) is 2.32. The Bertz CT molecular complexity index is 496. The Morgan fingerprint density at radius 3 is 2.35 bits per heavy atom. The molecule has 0 aromatic heterocycles. The van der Waals surface area contributed by atoms with E-state index in [1.165, 1.54) is 6.07 Å². The van der Waals surface area contributed by atoms with E-state index in [1.807, 2.05) is 12.1 Å².